The molecule has 2 aliphatic rings. The first-order chi connectivity index (χ1) is 15.8. The molecular weight excluding hydrogens is 394 g/mol. The Morgan fingerprint density at radius 2 is 1.06 bits per heavy atom. The van der Waals surface area contributed by atoms with Gasteiger partial charge in [0.05, 0.1) is 5.92 Å². The van der Waals surface area contributed by atoms with Crippen molar-refractivity contribution >= 4 is 5.91 Å². The second-order valence-electron chi connectivity index (χ2n) is 9.38. The van der Waals surface area contributed by atoms with E-state index in [-0.39, 0.29) is 11.8 Å². The lowest BCUT2D eigenvalue weighted by atomic mass is 9.90. The molecule has 4 rings (SSSR count). The number of rotatable bonds is 9. The third-order valence-electron chi connectivity index (χ3n) is 7.09. The second-order valence-corrected chi connectivity index (χ2v) is 9.38. The van der Waals surface area contributed by atoms with Crippen LogP contribution in [0.1, 0.15) is 55.6 Å². The molecule has 2 heterocycles. The highest BCUT2D eigenvalue weighted by Gasteiger charge is 2.28. The van der Waals surface area contributed by atoms with E-state index >= 15 is 0 Å². The van der Waals surface area contributed by atoms with E-state index in [9.17, 15) is 4.79 Å². The van der Waals surface area contributed by atoms with E-state index in [1.54, 1.807) is 0 Å². The quantitative estimate of drug-likeness (QED) is 0.577. The van der Waals surface area contributed by atoms with Crippen LogP contribution in [0.3, 0.4) is 0 Å². The number of hydrogen-bond donors (Lipinski definition) is 0. The fraction of sp³-hybridized carbons (Fsp3) is 0.536. The van der Waals surface area contributed by atoms with Crippen molar-refractivity contribution in [3.63, 3.8) is 0 Å². The molecular formula is C28H39N3O. The zero-order chi connectivity index (χ0) is 22.0. The maximum absolute atomic E-state index is 14.1. The first-order valence-corrected chi connectivity index (χ1v) is 12.6. The topological polar surface area (TPSA) is 26.8 Å². The molecule has 0 aromatic heterocycles. The summed E-state index contributed by atoms with van der Waals surface area (Å²) in [7, 11) is 0. The first-order valence-electron chi connectivity index (χ1n) is 12.6. The van der Waals surface area contributed by atoms with E-state index in [4.69, 9.17) is 0 Å². The lowest BCUT2D eigenvalue weighted by Crippen LogP contribution is -2.46. The van der Waals surface area contributed by atoms with Gasteiger partial charge in [-0.15, -0.1) is 0 Å². The minimum atomic E-state index is -0.236. The lowest BCUT2D eigenvalue weighted by Gasteiger charge is -2.34. The number of hydrogen-bond acceptors (Lipinski definition) is 3. The maximum atomic E-state index is 14.1. The molecule has 2 saturated heterocycles. The Balaban J connectivity index is 1.52. The van der Waals surface area contributed by atoms with E-state index in [2.05, 4.69) is 39.0 Å². The second kappa shape index (κ2) is 12.2. The Morgan fingerprint density at radius 1 is 0.656 bits per heavy atom. The van der Waals surface area contributed by atoms with Crippen molar-refractivity contribution < 1.29 is 4.79 Å². The zero-order valence-electron chi connectivity index (χ0n) is 19.5. The molecule has 2 aromatic carbocycles. The van der Waals surface area contributed by atoms with Gasteiger partial charge >= 0.3 is 0 Å². The fourth-order valence-electron chi connectivity index (χ4n) is 5.17. The Labute approximate surface area is 194 Å². The van der Waals surface area contributed by atoms with Crippen LogP contribution in [0.4, 0.5) is 0 Å². The van der Waals surface area contributed by atoms with Gasteiger partial charge in [0.15, 0.2) is 0 Å². The molecule has 172 valence electrons. The number of likely N-dealkylation sites (tertiary alicyclic amines) is 2. The molecule has 0 spiro atoms. The number of amides is 1. The van der Waals surface area contributed by atoms with Crippen LogP contribution in [0, 0.1) is 0 Å². The smallest absolute Gasteiger partial charge is 0.234 e. The molecule has 0 aliphatic carbocycles. The summed E-state index contributed by atoms with van der Waals surface area (Å²) in [6, 6.07) is 20.6. The summed E-state index contributed by atoms with van der Waals surface area (Å²) in [5.74, 6) is 0.0107. The standard InChI is InChI=1S/C28H39N3O/c32-28(27(25-13-5-1-6-14-25)26-15-7-2-8-16-26)31(23-21-29-17-9-3-10-18-29)24-22-30-19-11-4-12-20-30/h1-2,5-8,13-16,27H,3-4,9-12,17-24H2. The molecule has 2 aromatic rings. The molecule has 0 saturated carbocycles. The van der Waals surface area contributed by atoms with Crippen LogP contribution in [0.2, 0.25) is 0 Å². The molecule has 0 N–H and O–H groups in total. The number of piperidine rings is 2. The van der Waals surface area contributed by atoms with E-state index < -0.39 is 0 Å². The summed E-state index contributed by atoms with van der Waals surface area (Å²) in [5, 5.41) is 0. The molecule has 0 unspecified atom stereocenters. The Kier molecular flexibility index (Phi) is 8.75. The van der Waals surface area contributed by atoms with Crippen molar-refractivity contribution in [3.8, 4) is 0 Å². The third kappa shape index (κ3) is 6.43. The van der Waals surface area contributed by atoms with Crippen LogP contribution in [0.5, 0.6) is 0 Å². The summed E-state index contributed by atoms with van der Waals surface area (Å²) < 4.78 is 0. The minimum Gasteiger partial charge on any atom is -0.339 e. The maximum Gasteiger partial charge on any atom is 0.234 e. The van der Waals surface area contributed by atoms with Gasteiger partial charge in [0.2, 0.25) is 5.91 Å². The molecule has 2 aliphatic heterocycles. The Hall–Kier alpha value is -2.17. The van der Waals surface area contributed by atoms with Crippen LogP contribution >= 0.6 is 0 Å². The van der Waals surface area contributed by atoms with Gasteiger partial charge in [0.25, 0.3) is 0 Å². The van der Waals surface area contributed by atoms with Gasteiger partial charge in [-0.25, -0.2) is 0 Å². The average Bonchev–Trinajstić information content (AvgIpc) is 2.87. The van der Waals surface area contributed by atoms with Gasteiger partial charge in [0.1, 0.15) is 0 Å². The van der Waals surface area contributed by atoms with Crippen LogP contribution in [0.25, 0.3) is 0 Å². The van der Waals surface area contributed by atoms with E-state index in [1.807, 2.05) is 36.4 Å². The van der Waals surface area contributed by atoms with E-state index in [1.165, 1.54) is 64.7 Å². The van der Waals surface area contributed by atoms with Crippen molar-refractivity contribution in [2.24, 2.45) is 0 Å². The first kappa shape index (κ1) is 23.0. The number of nitrogens with zero attached hydrogens (tertiary/aromatic N) is 3. The lowest BCUT2D eigenvalue weighted by molar-refractivity contribution is -0.132. The van der Waals surface area contributed by atoms with Gasteiger partial charge in [-0.3, -0.25) is 4.79 Å². The highest BCUT2D eigenvalue weighted by molar-refractivity contribution is 5.87. The van der Waals surface area contributed by atoms with Gasteiger partial charge in [-0.1, -0.05) is 73.5 Å². The summed E-state index contributed by atoms with van der Waals surface area (Å²) >= 11 is 0. The van der Waals surface area contributed by atoms with Crippen molar-refractivity contribution in [2.45, 2.75) is 44.4 Å². The van der Waals surface area contributed by atoms with Crippen molar-refractivity contribution in [3.05, 3.63) is 71.8 Å². The molecule has 1 amide bonds. The van der Waals surface area contributed by atoms with Crippen molar-refractivity contribution in [1.82, 2.24) is 14.7 Å². The average molecular weight is 434 g/mol. The molecule has 4 nitrogen and oxygen atoms in total. The highest BCUT2D eigenvalue weighted by Crippen LogP contribution is 2.27. The van der Waals surface area contributed by atoms with Crippen molar-refractivity contribution in [2.75, 3.05) is 52.4 Å². The molecule has 2 fully saturated rings. The summed E-state index contributed by atoms with van der Waals surface area (Å²) in [4.78, 5) is 21.3. The van der Waals surface area contributed by atoms with Crippen molar-refractivity contribution in [1.29, 1.82) is 0 Å². The van der Waals surface area contributed by atoms with E-state index in [0.29, 0.717) is 0 Å². The number of carbonyl (C=O) groups is 1. The number of benzene rings is 2. The molecule has 0 bridgehead atoms. The largest absolute Gasteiger partial charge is 0.339 e. The summed E-state index contributed by atoms with van der Waals surface area (Å²) in [5.41, 5.74) is 2.18. The molecule has 32 heavy (non-hydrogen) atoms. The summed E-state index contributed by atoms with van der Waals surface area (Å²) in [6.45, 7) is 8.32. The fourth-order valence-corrected chi connectivity index (χ4v) is 5.17. The molecule has 0 radical (unpaired) electrons. The summed E-state index contributed by atoms with van der Waals surface area (Å²) in [6.07, 6.45) is 7.85. The number of carbonyl (C=O) groups excluding carboxylic acids is 1. The molecule has 0 atom stereocenters. The van der Waals surface area contributed by atoms with Crippen LogP contribution in [0.15, 0.2) is 60.7 Å². The zero-order valence-corrected chi connectivity index (χ0v) is 19.5. The third-order valence-corrected chi connectivity index (χ3v) is 7.09. The minimum absolute atomic E-state index is 0.236. The van der Waals surface area contributed by atoms with Gasteiger partial charge in [-0.2, -0.15) is 0 Å². The molecule has 4 heteroatoms. The van der Waals surface area contributed by atoms with Crippen LogP contribution < -0.4 is 0 Å². The van der Waals surface area contributed by atoms with E-state index in [0.717, 1.165) is 37.3 Å². The predicted molar refractivity (Wildman–Crippen MR) is 132 cm³/mol. The predicted octanol–water partition coefficient (Wildman–Crippen LogP) is 4.62. The van der Waals surface area contributed by atoms with Gasteiger partial charge < -0.3 is 14.7 Å². The highest BCUT2D eigenvalue weighted by atomic mass is 16.2. The SMILES string of the molecule is O=C(C(c1ccccc1)c1ccccc1)N(CCN1CCCCC1)CCN1CCCCC1. The normalized spacial score (nSPS) is 18.0. The van der Waals surface area contributed by atoms with Crippen LogP contribution in [-0.4, -0.2) is 73.0 Å². The van der Waals surface area contributed by atoms with Crippen LogP contribution in [-0.2, 0) is 4.79 Å². The van der Waals surface area contributed by atoms with Gasteiger partial charge in [-0.05, 0) is 63.0 Å². The monoisotopic (exact) mass is 433 g/mol. The Bertz CT molecular complexity index is 736. The van der Waals surface area contributed by atoms with Gasteiger partial charge in [0, 0.05) is 26.2 Å². The Morgan fingerprint density at radius 3 is 1.47 bits per heavy atom.